The normalized spacial score (nSPS) is 12.8. The molecule has 2 aromatic rings. The Bertz CT molecular complexity index is 822. The predicted molar refractivity (Wildman–Crippen MR) is 118 cm³/mol. The second kappa shape index (κ2) is 9.25. The van der Waals surface area contributed by atoms with Crippen molar-refractivity contribution in [1.29, 1.82) is 0 Å². The number of carbonyl (C=O) groups is 1. The first-order chi connectivity index (χ1) is 13.2. The maximum Gasteiger partial charge on any atom is 0.296 e. The van der Waals surface area contributed by atoms with Gasteiger partial charge in [-0.25, -0.2) is 4.98 Å². The van der Waals surface area contributed by atoms with Gasteiger partial charge < -0.3 is 9.88 Å². The molecule has 4 nitrogen and oxygen atoms in total. The van der Waals surface area contributed by atoms with Gasteiger partial charge in [-0.1, -0.05) is 71.9 Å². The Kier molecular flexibility index (Phi) is 7.26. The molecule has 150 valence electrons. The molecule has 1 aromatic carbocycles. The van der Waals surface area contributed by atoms with Gasteiger partial charge in [0.25, 0.3) is 5.91 Å². The summed E-state index contributed by atoms with van der Waals surface area (Å²) in [6, 6.07) is 9.59. The molecule has 28 heavy (non-hydrogen) atoms. The Morgan fingerprint density at radius 3 is 2.07 bits per heavy atom. The lowest BCUT2D eigenvalue weighted by molar-refractivity contribution is -0.116. The van der Waals surface area contributed by atoms with E-state index >= 15 is 0 Å². The average Bonchev–Trinajstić information content (AvgIpc) is 3.05. The maximum atomic E-state index is 12.8. The highest BCUT2D eigenvalue weighted by molar-refractivity contribution is 6.90. The third-order valence-corrected chi connectivity index (χ3v) is 12.1. The Morgan fingerprint density at radius 1 is 1.04 bits per heavy atom. The number of nitrogens with one attached hydrogen (secondary N) is 1. The van der Waals surface area contributed by atoms with Gasteiger partial charge in [-0.3, -0.25) is 4.79 Å². The van der Waals surface area contributed by atoms with Crippen LogP contribution in [0.2, 0.25) is 16.6 Å². The SMILES string of the molecule is CC(C)[Si](C#CC(=O)NC(c1ccccc1)c1nccn1C)(C(C)C)C(C)C. The molecule has 0 bridgehead atoms. The number of aromatic nitrogens is 2. The molecule has 0 aliphatic rings. The first-order valence-corrected chi connectivity index (χ1v) is 12.3. The number of aryl methyl sites for hydroxylation is 1. The summed E-state index contributed by atoms with van der Waals surface area (Å²) in [7, 11) is -0.00575. The van der Waals surface area contributed by atoms with Crippen molar-refractivity contribution in [2.75, 3.05) is 0 Å². The maximum absolute atomic E-state index is 12.8. The minimum atomic E-state index is -1.94. The van der Waals surface area contributed by atoms with Crippen LogP contribution in [0.1, 0.15) is 59.0 Å². The minimum absolute atomic E-state index is 0.240. The molecular formula is C23H33N3OSi. The van der Waals surface area contributed by atoms with E-state index in [2.05, 4.69) is 63.3 Å². The zero-order valence-corrected chi connectivity index (χ0v) is 19.2. The number of imidazole rings is 1. The van der Waals surface area contributed by atoms with Crippen LogP contribution < -0.4 is 5.32 Å². The largest absolute Gasteiger partial charge is 0.336 e. The van der Waals surface area contributed by atoms with Crippen LogP contribution in [0.4, 0.5) is 0 Å². The number of benzene rings is 1. The van der Waals surface area contributed by atoms with E-state index in [-0.39, 0.29) is 11.9 Å². The van der Waals surface area contributed by atoms with E-state index in [1.165, 1.54) is 0 Å². The van der Waals surface area contributed by atoms with E-state index in [1.54, 1.807) is 6.20 Å². The van der Waals surface area contributed by atoms with Crippen LogP contribution in [0.15, 0.2) is 42.7 Å². The zero-order valence-electron chi connectivity index (χ0n) is 18.2. The van der Waals surface area contributed by atoms with Crippen LogP contribution in [-0.4, -0.2) is 23.5 Å². The molecule has 1 amide bonds. The lowest BCUT2D eigenvalue weighted by Gasteiger charge is -2.37. The van der Waals surface area contributed by atoms with Crippen LogP contribution in [0.5, 0.6) is 0 Å². The Hall–Kier alpha value is -2.32. The molecule has 2 rings (SSSR count). The van der Waals surface area contributed by atoms with Crippen LogP contribution in [0.3, 0.4) is 0 Å². The number of hydrogen-bond acceptors (Lipinski definition) is 2. The molecule has 0 aliphatic heterocycles. The standard InChI is InChI=1S/C23H33N3OSi/c1-17(2)28(18(3)4,19(5)6)16-13-21(27)25-22(20-11-9-8-10-12-20)23-24-14-15-26(23)7/h8-12,14-15,17-19,22H,1-7H3,(H,25,27). The van der Waals surface area contributed by atoms with E-state index in [9.17, 15) is 4.79 Å². The highest BCUT2D eigenvalue weighted by Gasteiger charge is 2.41. The summed E-state index contributed by atoms with van der Waals surface area (Å²) in [6.07, 6.45) is 3.63. The average molecular weight is 396 g/mol. The number of hydrogen-bond donors (Lipinski definition) is 1. The van der Waals surface area contributed by atoms with Crippen LogP contribution in [-0.2, 0) is 11.8 Å². The van der Waals surface area contributed by atoms with Gasteiger partial charge in [0.1, 0.15) is 19.9 Å². The van der Waals surface area contributed by atoms with E-state index in [0.29, 0.717) is 16.6 Å². The van der Waals surface area contributed by atoms with Gasteiger partial charge in [0.2, 0.25) is 0 Å². The first kappa shape index (κ1) is 22.0. The number of nitrogens with zero attached hydrogens (tertiary/aromatic N) is 2. The zero-order chi connectivity index (χ0) is 20.9. The number of rotatable bonds is 6. The summed E-state index contributed by atoms with van der Waals surface area (Å²) >= 11 is 0. The molecule has 1 aromatic heterocycles. The highest BCUT2D eigenvalue weighted by Crippen LogP contribution is 2.40. The van der Waals surface area contributed by atoms with Gasteiger partial charge in [0.15, 0.2) is 0 Å². The summed E-state index contributed by atoms with van der Waals surface area (Å²) in [5, 5.41) is 3.09. The predicted octanol–water partition coefficient (Wildman–Crippen LogP) is 4.85. The second-order valence-corrected chi connectivity index (χ2v) is 13.9. The highest BCUT2D eigenvalue weighted by atomic mass is 28.3. The summed E-state index contributed by atoms with van der Waals surface area (Å²) in [6.45, 7) is 13.5. The molecule has 0 aliphatic carbocycles. The van der Waals surface area contributed by atoms with Crippen molar-refractivity contribution in [3.05, 3.63) is 54.1 Å². The van der Waals surface area contributed by atoms with E-state index in [0.717, 1.165) is 11.4 Å². The van der Waals surface area contributed by atoms with Crippen LogP contribution in [0.25, 0.3) is 0 Å². The fraction of sp³-hybridized carbons (Fsp3) is 0.478. The number of carbonyl (C=O) groups excluding carboxylic acids is 1. The second-order valence-electron chi connectivity index (χ2n) is 8.36. The topological polar surface area (TPSA) is 46.9 Å². The molecular weight excluding hydrogens is 362 g/mol. The van der Waals surface area contributed by atoms with Gasteiger partial charge in [0.05, 0.1) is 0 Å². The summed E-state index contributed by atoms with van der Waals surface area (Å²) in [4.78, 5) is 17.3. The van der Waals surface area contributed by atoms with Crippen molar-refractivity contribution in [3.8, 4) is 11.5 Å². The summed E-state index contributed by atoms with van der Waals surface area (Å²) in [5.41, 5.74) is 5.97. The van der Waals surface area contributed by atoms with Crippen molar-refractivity contribution in [1.82, 2.24) is 14.9 Å². The first-order valence-electron chi connectivity index (χ1n) is 10.1. The molecule has 0 saturated carbocycles. The number of amides is 1. The summed E-state index contributed by atoms with van der Waals surface area (Å²) < 4.78 is 1.93. The molecule has 0 saturated heterocycles. The minimum Gasteiger partial charge on any atom is -0.336 e. The molecule has 1 atom stereocenters. The van der Waals surface area contributed by atoms with E-state index < -0.39 is 8.07 Å². The molecule has 0 spiro atoms. The van der Waals surface area contributed by atoms with Crippen LogP contribution >= 0.6 is 0 Å². The fourth-order valence-electron chi connectivity index (χ4n) is 4.36. The van der Waals surface area contributed by atoms with Crippen molar-refractivity contribution in [2.45, 2.75) is 64.2 Å². The van der Waals surface area contributed by atoms with Gasteiger partial charge in [-0.15, -0.1) is 5.54 Å². The molecule has 1 unspecified atom stereocenters. The Labute approximate surface area is 170 Å². The quantitative estimate of drug-likeness (QED) is 0.561. The molecule has 5 heteroatoms. The van der Waals surface area contributed by atoms with Crippen LogP contribution in [0, 0.1) is 11.5 Å². The lowest BCUT2D eigenvalue weighted by Crippen LogP contribution is -2.43. The van der Waals surface area contributed by atoms with Crippen molar-refractivity contribution in [2.24, 2.45) is 7.05 Å². The molecule has 0 fully saturated rings. The third kappa shape index (κ3) is 4.56. The Morgan fingerprint density at radius 2 is 1.61 bits per heavy atom. The molecule has 0 radical (unpaired) electrons. The van der Waals surface area contributed by atoms with Gasteiger partial charge in [0, 0.05) is 19.4 Å². The smallest absolute Gasteiger partial charge is 0.296 e. The van der Waals surface area contributed by atoms with E-state index in [1.807, 2.05) is 48.1 Å². The van der Waals surface area contributed by atoms with Crippen molar-refractivity contribution in [3.63, 3.8) is 0 Å². The van der Waals surface area contributed by atoms with E-state index in [4.69, 9.17) is 0 Å². The summed E-state index contributed by atoms with van der Waals surface area (Å²) in [5.74, 6) is 3.53. The van der Waals surface area contributed by atoms with Gasteiger partial charge in [-0.05, 0) is 28.1 Å². The van der Waals surface area contributed by atoms with Gasteiger partial charge >= 0.3 is 0 Å². The lowest BCUT2D eigenvalue weighted by atomic mass is 10.1. The van der Waals surface area contributed by atoms with Crippen molar-refractivity contribution < 1.29 is 4.79 Å². The Balaban J connectivity index is 2.36. The van der Waals surface area contributed by atoms with Crippen molar-refractivity contribution >= 4 is 14.0 Å². The third-order valence-electron chi connectivity index (χ3n) is 5.78. The monoisotopic (exact) mass is 395 g/mol. The fourth-order valence-corrected chi connectivity index (χ4v) is 9.56. The van der Waals surface area contributed by atoms with Gasteiger partial charge in [-0.2, -0.15) is 0 Å². The molecule has 1 heterocycles. The molecule has 1 N–H and O–H groups in total.